The largest absolute Gasteiger partial charge is 0.491 e. The highest BCUT2D eigenvalue weighted by Gasteiger charge is 2.42. The Hall–Kier alpha value is -1.84. The average molecular weight is 344 g/mol. The van der Waals surface area contributed by atoms with E-state index in [0.29, 0.717) is 0 Å². The van der Waals surface area contributed by atoms with Crippen LogP contribution in [0.1, 0.15) is 27.2 Å². The zero-order valence-corrected chi connectivity index (χ0v) is 13.0. The molecule has 0 radical (unpaired) electrons. The van der Waals surface area contributed by atoms with Crippen LogP contribution in [-0.4, -0.2) is 50.2 Å². The molecule has 0 saturated carbocycles. The number of halogens is 3. The van der Waals surface area contributed by atoms with Crippen molar-refractivity contribution in [2.75, 3.05) is 19.8 Å². The van der Waals surface area contributed by atoms with Gasteiger partial charge in [-0.05, 0) is 27.2 Å². The van der Waals surface area contributed by atoms with E-state index in [2.05, 4.69) is 4.74 Å². The van der Waals surface area contributed by atoms with Crippen molar-refractivity contribution < 1.29 is 46.5 Å². The highest BCUT2D eigenvalue weighted by Crippen LogP contribution is 2.18. The predicted octanol–water partition coefficient (Wildman–Crippen LogP) is 1.59. The number of rotatable bonds is 9. The Bertz CT molecular complexity index is 391. The summed E-state index contributed by atoms with van der Waals surface area (Å²) >= 11 is 0. The molecule has 0 N–H and O–H groups in total. The van der Waals surface area contributed by atoms with Crippen molar-refractivity contribution in [3.63, 3.8) is 0 Å². The molecule has 1 atom stereocenters. The average Bonchev–Trinajstić information content (AvgIpc) is 2.42. The zero-order chi connectivity index (χ0) is 18.0. The molecular weight excluding hydrogens is 325 g/mol. The Kier molecular flexibility index (Phi) is 9.23. The van der Waals surface area contributed by atoms with Crippen LogP contribution < -0.4 is 0 Å². The van der Waals surface area contributed by atoms with E-state index in [0.717, 1.165) is 6.92 Å². The summed E-state index contributed by atoms with van der Waals surface area (Å²) in [5.74, 6) is -5.30. The van der Waals surface area contributed by atoms with Gasteiger partial charge < -0.3 is 18.9 Å². The van der Waals surface area contributed by atoms with Crippen molar-refractivity contribution in [2.45, 2.75) is 39.7 Å². The minimum atomic E-state index is -5.13. The lowest BCUT2D eigenvalue weighted by Gasteiger charge is -2.17. The maximum atomic E-state index is 12.0. The maximum Gasteiger partial charge on any atom is 0.491 e. The standard InChI is InChI=1S/C13H19F3O7/c1-4-20-10(17)9(11(18)21-5-2)6-7-22-8(3)23-12(19)13(14,15)16/h8-9H,4-7H2,1-3H3. The Morgan fingerprint density at radius 2 is 1.48 bits per heavy atom. The first kappa shape index (κ1) is 21.2. The van der Waals surface area contributed by atoms with Gasteiger partial charge in [0, 0.05) is 0 Å². The highest BCUT2D eigenvalue weighted by atomic mass is 19.4. The summed E-state index contributed by atoms with van der Waals surface area (Å²) in [4.78, 5) is 33.8. The van der Waals surface area contributed by atoms with E-state index < -0.39 is 36.3 Å². The van der Waals surface area contributed by atoms with Crippen LogP contribution in [0, 0.1) is 5.92 Å². The van der Waals surface area contributed by atoms with Crippen LogP contribution in [0.3, 0.4) is 0 Å². The summed E-state index contributed by atoms with van der Waals surface area (Å²) < 4.78 is 54.2. The third-order valence-corrected chi connectivity index (χ3v) is 2.41. The Labute approximate surface area is 131 Å². The molecule has 10 heteroatoms. The fourth-order valence-electron chi connectivity index (χ4n) is 1.42. The summed E-state index contributed by atoms with van der Waals surface area (Å²) in [5, 5.41) is 0. The fraction of sp³-hybridized carbons (Fsp3) is 0.769. The molecule has 0 aliphatic heterocycles. The van der Waals surface area contributed by atoms with Gasteiger partial charge in [0.15, 0.2) is 12.2 Å². The second-order valence-corrected chi connectivity index (χ2v) is 4.19. The van der Waals surface area contributed by atoms with Crippen molar-refractivity contribution in [1.82, 2.24) is 0 Å². The van der Waals surface area contributed by atoms with Crippen LogP contribution in [0.4, 0.5) is 13.2 Å². The van der Waals surface area contributed by atoms with E-state index in [4.69, 9.17) is 14.2 Å². The summed E-state index contributed by atoms with van der Waals surface area (Å²) in [6.45, 7) is 3.97. The number of hydrogen-bond acceptors (Lipinski definition) is 7. The molecule has 0 bridgehead atoms. The van der Waals surface area contributed by atoms with Crippen molar-refractivity contribution in [2.24, 2.45) is 5.92 Å². The lowest BCUT2D eigenvalue weighted by molar-refractivity contribution is -0.223. The fourth-order valence-corrected chi connectivity index (χ4v) is 1.42. The SMILES string of the molecule is CCOC(=O)C(CCOC(C)OC(=O)C(F)(F)F)C(=O)OCC. The molecule has 0 spiro atoms. The van der Waals surface area contributed by atoms with Gasteiger partial charge >= 0.3 is 24.1 Å². The number of carbonyl (C=O) groups excluding carboxylic acids is 3. The van der Waals surface area contributed by atoms with Gasteiger partial charge in [-0.1, -0.05) is 0 Å². The first-order chi connectivity index (χ1) is 10.6. The lowest BCUT2D eigenvalue weighted by atomic mass is 10.1. The predicted molar refractivity (Wildman–Crippen MR) is 68.9 cm³/mol. The van der Waals surface area contributed by atoms with Crippen LogP contribution in [0.25, 0.3) is 0 Å². The first-order valence-electron chi connectivity index (χ1n) is 6.86. The molecule has 0 aromatic carbocycles. The normalized spacial score (nSPS) is 12.7. The number of ether oxygens (including phenoxy) is 4. The molecule has 0 aromatic rings. The van der Waals surface area contributed by atoms with Gasteiger partial charge in [-0.25, -0.2) is 4.79 Å². The molecule has 134 valence electrons. The second-order valence-electron chi connectivity index (χ2n) is 4.19. The molecule has 0 heterocycles. The van der Waals surface area contributed by atoms with Gasteiger partial charge in [-0.15, -0.1) is 0 Å². The molecule has 0 aliphatic rings. The minimum absolute atomic E-state index is 0.0508. The highest BCUT2D eigenvalue weighted by molar-refractivity contribution is 5.94. The number of alkyl halides is 3. The van der Waals surface area contributed by atoms with Crippen molar-refractivity contribution in [3.8, 4) is 0 Å². The summed E-state index contributed by atoms with van der Waals surface area (Å²) in [5.41, 5.74) is 0. The topological polar surface area (TPSA) is 88.1 Å². The number of carbonyl (C=O) groups is 3. The van der Waals surface area contributed by atoms with Gasteiger partial charge in [0.05, 0.1) is 19.8 Å². The summed E-state index contributed by atoms with van der Waals surface area (Å²) in [6.07, 6.45) is -6.81. The van der Waals surface area contributed by atoms with Gasteiger partial charge in [0.1, 0.15) is 0 Å². The Morgan fingerprint density at radius 1 is 1.00 bits per heavy atom. The van der Waals surface area contributed by atoms with Crippen molar-refractivity contribution in [3.05, 3.63) is 0 Å². The van der Waals surface area contributed by atoms with E-state index in [-0.39, 0.29) is 26.2 Å². The van der Waals surface area contributed by atoms with E-state index in [1.807, 2.05) is 0 Å². The van der Waals surface area contributed by atoms with Gasteiger partial charge in [-0.2, -0.15) is 13.2 Å². The smallest absolute Gasteiger partial charge is 0.465 e. The Balaban J connectivity index is 4.43. The van der Waals surface area contributed by atoms with Gasteiger partial charge in [0.25, 0.3) is 0 Å². The van der Waals surface area contributed by atoms with Crippen LogP contribution in [0.2, 0.25) is 0 Å². The molecule has 0 saturated heterocycles. The maximum absolute atomic E-state index is 12.0. The Morgan fingerprint density at radius 3 is 1.87 bits per heavy atom. The van der Waals surface area contributed by atoms with Gasteiger partial charge in [0.2, 0.25) is 0 Å². The molecule has 7 nitrogen and oxygen atoms in total. The molecule has 0 aromatic heterocycles. The quantitative estimate of drug-likeness (QED) is 0.272. The second kappa shape index (κ2) is 10.0. The number of hydrogen-bond donors (Lipinski definition) is 0. The molecule has 0 aliphatic carbocycles. The van der Waals surface area contributed by atoms with Crippen molar-refractivity contribution >= 4 is 17.9 Å². The molecule has 0 fully saturated rings. The number of esters is 3. The van der Waals surface area contributed by atoms with Crippen LogP contribution in [0.5, 0.6) is 0 Å². The van der Waals surface area contributed by atoms with E-state index in [1.54, 1.807) is 13.8 Å². The molecule has 0 amide bonds. The van der Waals surface area contributed by atoms with Crippen LogP contribution in [-0.2, 0) is 33.3 Å². The zero-order valence-electron chi connectivity index (χ0n) is 13.0. The minimum Gasteiger partial charge on any atom is -0.465 e. The first-order valence-corrected chi connectivity index (χ1v) is 6.86. The van der Waals surface area contributed by atoms with Crippen LogP contribution >= 0.6 is 0 Å². The van der Waals surface area contributed by atoms with Gasteiger partial charge in [-0.3, -0.25) is 9.59 Å². The third-order valence-electron chi connectivity index (χ3n) is 2.41. The van der Waals surface area contributed by atoms with E-state index in [1.165, 1.54) is 0 Å². The molecule has 1 unspecified atom stereocenters. The van der Waals surface area contributed by atoms with Crippen molar-refractivity contribution in [1.29, 1.82) is 0 Å². The monoisotopic (exact) mass is 344 g/mol. The third kappa shape index (κ3) is 8.38. The lowest BCUT2D eigenvalue weighted by Crippen LogP contribution is -2.32. The van der Waals surface area contributed by atoms with E-state index >= 15 is 0 Å². The summed E-state index contributed by atoms with van der Waals surface area (Å²) in [7, 11) is 0. The molecule has 23 heavy (non-hydrogen) atoms. The molecule has 0 rings (SSSR count). The van der Waals surface area contributed by atoms with E-state index in [9.17, 15) is 27.6 Å². The van der Waals surface area contributed by atoms with Crippen LogP contribution in [0.15, 0.2) is 0 Å². The summed E-state index contributed by atoms with van der Waals surface area (Å²) in [6, 6.07) is 0. The molecular formula is C13H19F3O7.